The largest absolute Gasteiger partial charge is 0.493 e. The Morgan fingerprint density at radius 1 is 1.40 bits per heavy atom. The summed E-state index contributed by atoms with van der Waals surface area (Å²) in [5, 5.41) is 8.56. The molecule has 0 bridgehead atoms. The topological polar surface area (TPSA) is 46.5 Å². The number of unbranched alkanes of at least 4 members (excludes halogenated alkanes) is 1. The van der Waals surface area contributed by atoms with E-state index >= 15 is 0 Å². The Kier molecular flexibility index (Phi) is 5.61. The van der Waals surface area contributed by atoms with E-state index in [2.05, 4.69) is 0 Å². The van der Waals surface area contributed by atoms with E-state index in [-0.39, 0.29) is 12.4 Å². The first-order valence-electron chi connectivity index (χ1n) is 6.09. The van der Waals surface area contributed by atoms with Gasteiger partial charge in [-0.05, 0) is 24.6 Å². The molecule has 0 aromatic heterocycles. The number of carboxylic acid groups (broad SMARTS) is 1. The van der Waals surface area contributed by atoms with Gasteiger partial charge >= 0.3 is 12.1 Å². The van der Waals surface area contributed by atoms with E-state index in [1.165, 1.54) is 12.1 Å². The fourth-order valence-electron chi connectivity index (χ4n) is 1.46. The van der Waals surface area contributed by atoms with Crippen molar-refractivity contribution in [2.45, 2.75) is 25.9 Å². The van der Waals surface area contributed by atoms with E-state index in [9.17, 15) is 18.0 Å². The molecule has 0 amide bonds. The van der Waals surface area contributed by atoms with Gasteiger partial charge in [-0.3, -0.25) is 0 Å². The summed E-state index contributed by atoms with van der Waals surface area (Å²) in [6.45, 7) is 2.21. The van der Waals surface area contributed by atoms with Gasteiger partial charge in [0.25, 0.3) is 0 Å². The molecule has 0 spiro atoms. The highest BCUT2D eigenvalue weighted by Gasteiger charge is 2.31. The molecule has 1 N–H and O–H groups in total. The lowest BCUT2D eigenvalue weighted by Crippen LogP contribution is -2.06. The van der Waals surface area contributed by atoms with Crippen molar-refractivity contribution in [3.63, 3.8) is 0 Å². The molecular weight excluding hydrogens is 273 g/mol. The monoisotopic (exact) mass is 288 g/mol. The van der Waals surface area contributed by atoms with Crippen LogP contribution >= 0.6 is 0 Å². The van der Waals surface area contributed by atoms with Gasteiger partial charge in [0.2, 0.25) is 0 Å². The Morgan fingerprint density at radius 3 is 2.65 bits per heavy atom. The molecule has 0 saturated heterocycles. The summed E-state index contributed by atoms with van der Waals surface area (Å²) < 4.78 is 43.2. The lowest BCUT2D eigenvalue weighted by molar-refractivity contribution is -0.137. The minimum Gasteiger partial charge on any atom is -0.493 e. The van der Waals surface area contributed by atoms with Crippen LogP contribution in [0.2, 0.25) is 0 Å². The normalized spacial score (nSPS) is 11.8. The minimum absolute atomic E-state index is 0.0331. The average Bonchev–Trinajstić information content (AvgIpc) is 2.36. The molecule has 0 unspecified atom stereocenters. The maximum Gasteiger partial charge on any atom is 0.416 e. The number of carboxylic acids is 1. The summed E-state index contributed by atoms with van der Waals surface area (Å²) in [5.74, 6) is -1.14. The number of alkyl halides is 3. The predicted molar refractivity (Wildman–Crippen MR) is 68.5 cm³/mol. The van der Waals surface area contributed by atoms with Crippen molar-refractivity contribution in [2.75, 3.05) is 6.61 Å². The third kappa shape index (κ3) is 4.95. The number of ether oxygens (including phenoxy) is 1. The van der Waals surface area contributed by atoms with Crippen LogP contribution in [-0.2, 0) is 11.0 Å². The van der Waals surface area contributed by atoms with Crippen LogP contribution in [0.3, 0.4) is 0 Å². The molecule has 1 aromatic rings. The molecule has 0 aliphatic heterocycles. The zero-order valence-corrected chi connectivity index (χ0v) is 10.9. The molecule has 0 aliphatic rings. The molecule has 0 saturated carbocycles. The lowest BCUT2D eigenvalue weighted by Gasteiger charge is -2.12. The van der Waals surface area contributed by atoms with Crippen molar-refractivity contribution in [3.05, 3.63) is 35.4 Å². The lowest BCUT2D eigenvalue weighted by atomic mass is 10.1. The van der Waals surface area contributed by atoms with Crippen LogP contribution in [-0.4, -0.2) is 17.7 Å². The summed E-state index contributed by atoms with van der Waals surface area (Å²) in [7, 11) is 0. The summed E-state index contributed by atoms with van der Waals surface area (Å²) >= 11 is 0. The Labute approximate surface area is 114 Å². The van der Waals surface area contributed by atoms with Gasteiger partial charge in [0, 0.05) is 11.6 Å². The Hall–Kier alpha value is -1.98. The number of benzene rings is 1. The second-order valence-electron chi connectivity index (χ2n) is 4.12. The van der Waals surface area contributed by atoms with Crippen molar-refractivity contribution in [1.82, 2.24) is 0 Å². The quantitative estimate of drug-likeness (QED) is 0.636. The Bertz CT molecular complexity index is 493. The van der Waals surface area contributed by atoms with Gasteiger partial charge in [-0.25, -0.2) is 4.79 Å². The molecule has 6 heteroatoms. The SMILES string of the molecule is CCCCOc1cc(C(F)(F)F)ccc1/C=C/C(=O)O. The molecule has 110 valence electrons. The van der Waals surface area contributed by atoms with E-state index in [1.54, 1.807) is 0 Å². The number of hydrogen-bond donors (Lipinski definition) is 1. The first-order valence-corrected chi connectivity index (χ1v) is 6.09. The molecule has 0 fully saturated rings. The van der Waals surface area contributed by atoms with Crippen LogP contribution in [0, 0.1) is 0 Å². The molecule has 0 radical (unpaired) electrons. The Morgan fingerprint density at radius 2 is 2.10 bits per heavy atom. The zero-order chi connectivity index (χ0) is 15.2. The molecule has 3 nitrogen and oxygen atoms in total. The van der Waals surface area contributed by atoms with Crippen LogP contribution in [0.4, 0.5) is 13.2 Å². The highest BCUT2D eigenvalue weighted by Crippen LogP contribution is 2.33. The molecule has 0 atom stereocenters. The third-order valence-electron chi connectivity index (χ3n) is 2.50. The first-order chi connectivity index (χ1) is 9.34. The highest BCUT2D eigenvalue weighted by molar-refractivity contribution is 5.85. The predicted octanol–water partition coefficient (Wildman–Crippen LogP) is 3.98. The standard InChI is InChI=1S/C14H15F3O3/c1-2-3-8-20-12-9-11(14(15,16)17)6-4-10(12)5-7-13(18)19/h4-7,9H,2-3,8H2,1H3,(H,18,19)/b7-5+. The van der Waals surface area contributed by atoms with Crippen molar-refractivity contribution in [3.8, 4) is 5.75 Å². The van der Waals surface area contributed by atoms with Crippen LogP contribution in [0.5, 0.6) is 5.75 Å². The minimum atomic E-state index is -4.46. The molecule has 1 rings (SSSR count). The number of rotatable bonds is 6. The van der Waals surface area contributed by atoms with Gasteiger partial charge in [-0.15, -0.1) is 0 Å². The van der Waals surface area contributed by atoms with Crippen LogP contribution in [0.25, 0.3) is 6.08 Å². The second-order valence-corrected chi connectivity index (χ2v) is 4.12. The fraction of sp³-hybridized carbons (Fsp3) is 0.357. The first kappa shape index (κ1) is 16.1. The van der Waals surface area contributed by atoms with E-state index < -0.39 is 17.7 Å². The van der Waals surface area contributed by atoms with E-state index in [1.807, 2.05) is 6.92 Å². The third-order valence-corrected chi connectivity index (χ3v) is 2.50. The number of halogens is 3. The molecule has 0 aliphatic carbocycles. The van der Waals surface area contributed by atoms with Gasteiger partial charge in [0.15, 0.2) is 0 Å². The van der Waals surface area contributed by atoms with Crippen LogP contribution < -0.4 is 4.74 Å². The summed E-state index contributed by atoms with van der Waals surface area (Å²) in [6, 6.07) is 2.98. The summed E-state index contributed by atoms with van der Waals surface area (Å²) in [6.07, 6.45) is -0.839. The molecular formula is C14H15F3O3. The zero-order valence-electron chi connectivity index (χ0n) is 10.9. The number of aliphatic carboxylic acids is 1. The van der Waals surface area contributed by atoms with E-state index in [0.29, 0.717) is 12.0 Å². The average molecular weight is 288 g/mol. The maximum atomic E-state index is 12.6. The van der Waals surface area contributed by atoms with Crippen molar-refractivity contribution < 1.29 is 27.8 Å². The van der Waals surface area contributed by atoms with Crippen molar-refractivity contribution in [2.24, 2.45) is 0 Å². The second kappa shape index (κ2) is 6.98. The van der Waals surface area contributed by atoms with E-state index in [4.69, 9.17) is 9.84 Å². The van der Waals surface area contributed by atoms with Gasteiger partial charge in [-0.1, -0.05) is 19.4 Å². The fourth-order valence-corrected chi connectivity index (χ4v) is 1.46. The van der Waals surface area contributed by atoms with Crippen molar-refractivity contribution in [1.29, 1.82) is 0 Å². The summed E-state index contributed by atoms with van der Waals surface area (Å²) in [5.41, 5.74) is -0.520. The van der Waals surface area contributed by atoms with E-state index in [0.717, 1.165) is 24.6 Å². The molecule has 0 heterocycles. The highest BCUT2D eigenvalue weighted by atomic mass is 19.4. The number of hydrogen-bond acceptors (Lipinski definition) is 2. The van der Waals surface area contributed by atoms with Crippen LogP contribution in [0.1, 0.15) is 30.9 Å². The summed E-state index contributed by atoms with van der Waals surface area (Å²) in [4.78, 5) is 10.5. The van der Waals surface area contributed by atoms with Gasteiger partial charge in [0.1, 0.15) is 5.75 Å². The van der Waals surface area contributed by atoms with Gasteiger partial charge in [-0.2, -0.15) is 13.2 Å². The number of carbonyl (C=O) groups is 1. The van der Waals surface area contributed by atoms with Gasteiger partial charge in [0.05, 0.1) is 12.2 Å². The smallest absolute Gasteiger partial charge is 0.416 e. The molecule has 1 aromatic carbocycles. The van der Waals surface area contributed by atoms with Crippen LogP contribution in [0.15, 0.2) is 24.3 Å². The van der Waals surface area contributed by atoms with Crippen molar-refractivity contribution >= 4 is 12.0 Å². The Balaban J connectivity index is 3.06. The maximum absolute atomic E-state index is 12.6. The molecule has 20 heavy (non-hydrogen) atoms. The van der Waals surface area contributed by atoms with Gasteiger partial charge < -0.3 is 9.84 Å².